The lowest BCUT2D eigenvalue weighted by molar-refractivity contribution is 0.0182. The fraction of sp³-hybridized carbons (Fsp3) is 0.857. The minimum Gasteiger partial charge on any atom is -0.375 e. The predicted octanol–water partition coefficient (Wildman–Crippen LogP) is 2.35. The van der Waals surface area contributed by atoms with Crippen LogP contribution in [0.1, 0.15) is 43.8 Å². The summed E-state index contributed by atoms with van der Waals surface area (Å²) in [6, 6.07) is 0. The van der Waals surface area contributed by atoms with Gasteiger partial charge in [-0.05, 0) is 24.8 Å². The third-order valence-electron chi connectivity index (χ3n) is 4.10. The fourth-order valence-electron chi connectivity index (χ4n) is 2.88. The number of rotatable bonds is 8. The highest BCUT2D eigenvalue weighted by Gasteiger charge is 2.32. The molecule has 1 aromatic rings. The van der Waals surface area contributed by atoms with Crippen LogP contribution in [0.5, 0.6) is 0 Å². The largest absolute Gasteiger partial charge is 0.375 e. The lowest BCUT2D eigenvalue weighted by Crippen LogP contribution is -2.35. The minimum absolute atomic E-state index is 0.0776. The molecule has 120 valence electrons. The van der Waals surface area contributed by atoms with Gasteiger partial charge in [-0.1, -0.05) is 24.4 Å². The highest BCUT2D eigenvalue weighted by atomic mass is 19.3. The fourth-order valence-corrected chi connectivity index (χ4v) is 2.88. The maximum absolute atomic E-state index is 11.9. The first kappa shape index (κ1) is 16.3. The van der Waals surface area contributed by atoms with Gasteiger partial charge in [0, 0.05) is 12.8 Å². The molecule has 1 heterocycles. The first-order chi connectivity index (χ1) is 10.1. The number of halogens is 2. The third-order valence-corrected chi connectivity index (χ3v) is 4.10. The number of nitrogens with two attached hydrogens (primary N) is 1. The maximum Gasteiger partial charge on any atom is 0.261 e. The molecule has 0 bridgehead atoms. The molecule has 0 saturated heterocycles. The lowest BCUT2D eigenvalue weighted by Gasteiger charge is -2.34. The SMILES string of the molecule is NCC1(Cc2nc(CCOCC(F)F)no2)CCCCC1. The third kappa shape index (κ3) is 5.00. The van der Waals surface area contributed by atoms with E-state index in [4.69, 9.17) is 15.0 Å². The average Bonchev–Trinajstić information content (AvgIpc) is 2.92. The Morgan fingerprint density at radius 1 is 1.29 bits per heavy atom. The highest BCUT2D eigenvalue weighted by Crippen LogP contribution is 2.37. The summed E-state index contributed by atoms with van der Waals surface area (Å²) in [5, 5.41) is 3.87. The maximum atomic E-state index is 11.9. The zero-order valence-corrected chi connectivity index (χ0v) is 12.2. The minimum atomic E-state index is -2.44. The molecular weight excluding hydrogens is 280 g/mol. The molecule has 0 aliphatic heterocycles. The number of nitrogens with zero attached hydrogens (tertiary/aromatic N) is 2. The normalized spacial score (nSPS) is 18.3. The van der Waals surface area contributed by atoms with Gasteiger partial charge in [0.2, 0.25) is 5.89 Å². The second-order valence-electron chi connectivity index (χ2n) is 5.76. The monoisotopic (exact) mass is 303 g/mol. The van der Waals surface area contributed by atoms with Crippen molar-refractivity contribution in [2.24, 2.45) is 11.1 Å². The molecular formula is C14H23F2N3O2. The van der Waals surface area contributed by atoms with Crippen molar-refractivity contribution in [1.29, 1.82) is 0 Å². The van der Waals surface area contributed by atoms with E-state index >= 15 is 0 Å². The van der Waals surface area contributed by atoms with Crippen LogP contribution < -0.4 is 5.73 Å². The van der Waals surface area contributed by atoms with E-state index in [9.17, 15) is 8.78 Å². The summed E-state index contributed by atoms with van der Waals surface area (Å²) in [4.78, 5) is 4.31. The van der Waals surface area contributed by atoms with E-state index in [-0.39, 0.29) is 12.0 Å². The summed E-state index contributed by atoms with van der Waals surface area (Å²) in [7, 11) is 0. The first-order valence-corrected chi connectivity index (χ1v) is 7.51. The van der Waals surface area contributed by atoms with Crippen molar-refractivity contribution in [3.05, 3.63) is 11.7 Å². The van der Waals surface area contributed by atoms with Gasteiger partial charge in [-0.15, -0.1) is 0 Å². The molecule has 1 fully saturated rings. The molecule has 1 aliphatic carbocycles. The lowest BCUT2D eigenvalue weighted by atomic mass is 9.72. The zero-order valence-electron chi connectivity index (χ0n) is 12.2. The quantitative estimate of drug-likeness (QED) is 0.746. The van der Waals surface area contributed by atoms with Gasteiger partial charge < -0.3 is 15.0 Å². The van der Waals surface area contributed by atoms with Crippen LogP contribution in [-0.4, -0.2) is 36.3 Å². The molecule has 0 spiro atoms. The second kappa shape index (κ2) is 7.79. The van der Waals surface area contributed by atoms with E-state index in [1.54, 1.807) is 0 Å². The van der Waals surface area contributed by atoms with Gasteiger partial charge in [0.1, 0.15) is 6.61 Å². The highest BCUT2D eigenvalue weighted by molar-refractivity contribution is 4.95. The number of hydrogen-bond donors (Lipinski definition) is 1. The first-order valence-electron chi connectivity index (χ1n) is 7.51. The Labute approximate surface area is 123 Å². The summed E-state index contributed by atoms with van der Waals surface area (Å²) in [5.74, 6) is 1.09. The van der Waals surface area contributed by atoms with E-state index in [1.165, 1.54) is 19.3 Å². The molecule has 21 heavy (non-hydrogen) atoms. The smallest absolute Gasteiger partial charge is 0.261 e. The van der Waals surface area contributed by atoms with Crippen molar-refractivity contribution in [1.82, 2.24) is 10.1 Å². The molecule has 1 aromatic heterocycles. The van der Waals surface area contributed by atoms with Gasteiger partial charge in [0.05, 0.1) is 6.61 Å². The predicted molar refractivity (Wildman–Crippen MR) is 73.1 cm³/mol. The Morgan fingerprint density at radius 3 is 2.71 bits per heavy atom. The molecule has 0 aromatic carbocycles. The Morgan fingerprint density at radius 2 is 2.05 bits per heavy atom. The van der Waals surface area contributed by atoms with E-state index in [0.717, 1.165) is 12.8 Å². The van der Waals surface area contributed by atoms with Crippen LogP contribution in [-0.2, 0) is 17.6 Å². The molecule has 0 unspecified atom stereocenters. The van der Waals surface area contributed by atoms with Gasteiger partial charge in [-0.2, -0.15) is 4.98 Å². The van der Waals surface area contributed by atoms with Crippen LogP contribution in [0.2, 0.25) is 0 Å². The molecule has 2 N–H and O–H groups in total. The van der Waals surface area contributed by atoms with Crippen molar-refractivity contribution < 1.29 is 18.0 Å². The van der Waals surface area contributed by atoms with Crippen LogP contribution in [0, 0.1) is 5.41 Å². The number of ether oxygens (including phenoxy) is 1. The molecule has 2 rings (SSSR count). The Hall–Kier alpha value is -1.08. The van der Waals surface area contributed by atoms with Crippen LogP contribution in [0.4, 0.5) is 8.78 Å². The molecule has 0 radical (unpaired) electrons. The van der Waals surface area contributed by atoms with Gasteiger partial charge >= 0.3 is 0 Å². The van der Waals surface area contributed by atoms with Crippen molar-refractivity contribution >= 4 is 0 Å². The molecule has 0 amide bonds. The van der Waals surface area contributed by atoms with Crippen LogP contribution in [0.3, 0.4) is 0 Å². The Balaban J connectivity index is 1.81. The summed E-state index contributed by atoms with van der Waals surface area (Å²) >= 11 is 0. The molecule has 1 saturated carbocycles. The van der Waals surface area contributed by atoms with Crippen LogP contribution in [0.25, 0.3) is 0 Å². The number of hydrogen-bond acceptors (Lipinski definition) is 5. The van der Waals surface area contributed by atoms with E-state index < -0.39 is 13.0 Å². The summed E-state index contributed by atoms with van der Waals surface area (Å²) in [6.45, 7) is 0.245. The number of aromatic nitrogens is 2. The van der Waals surface area contributed by atoms with Gasteiger partial charge in [-0.25, -0.2) is 8.78 Å². The van der Waals surface area contributed by atoms with Crippen molar-refractivity contribution in [3.63, 3.8) is 0 Å². The topological polar surface area (TPSA) is 74.2 Å². The van der Waals surface area contributed by atoms with Gasteiger partial charge in [0.25, 0.3) is 6.43 Å². The Bertz CT molecular complexity index is 420. The average molecular weight is 303 g/mol. The van der Waals surface area contributed by atoms with E-state index in [2.05, 4.69) is 10.1 Å². The van der Waals surface area contributed by atoms with E-state index in [1.807, 2.05) is 0 Å². The van der Waals surface area contributed by atoms with Crippen LogP contribution in [0.15, 0.2) is 4.52 Å². The molecule has 1 aliphatic rings. The molecule has 7 heteroatoms. The summed E-state index contributed by atoms with van der Waals surface area (Å²) in [6.07, 6.45) is 4.48. The molecule has 0 atom stereocenters. The standard InChI is InChI=1S/C14H23F2N3O2/c15-11(16)9-20-7-4-12-18-13(21-19-12)8-14(10-17)5-2-1-3-6-14/h11H,1-10,17H2. The van der Waals surface area contributed by atoms with E-state index in [0.29, 0.717) is 31.1 Å². The molecule has 5 nitrogen and oxygen atoms in total. The van der Waals surface area contributed by atoms with Crippen molar-refractivity contribution in [3.8, 4) is 0 Å². The van der Waals surface area contributed by atoms with Gasteiger partial charge in [-0.3, -0.25) is 0 Å². The van der Waals surface area contributed by atoms with Crippen LogP contribution >= 0.6 is 0 Å². The number of alkyl halides is 2. The van der Waals surface area contributed by atoms with Crippen molar-refractivity contribution in [2.75, 3.05) is 19.8 Å². The Kier molecular flexibility index (Phi) is 6.05. The summed E-state index contributed by atoms with van der Waals surface area (Å²) in [5.41, 5.74) is 6.02. The second-order valence-corrected chi connectivity index (χ2v) is 5.76. The zero-order chi connectivity index (χ0) is 15.1. The summed E-state index contributed by atoms with van der Waals surface area (Å²) < 4.78 is 33.9. The van der Waals surface area contributed by atoms with Gasteiger partial charge in [0.15, 0.2) is 5.82 Å². The van der Waals surface area contributed by atoms with Crippen molar-refractivity contribution in [2.45, 2.75) is 51.4 Å².